The maximum atomic E-state index is 13.7. The Bertz CT molecular complexity index is 1150. The van der Waals surface area contributed by atoms with Gasteiger partial charge in [0.2, 0.25) is 5.91 Å². The van der Waals surface area contributed by atoms with Crippen LogP contribution >= 0.6 is 0 Å². The van der Waals surface area contributed by atoms with Crippen molar-refractivity contribution in [3.8, 4) is 5.75 Å². The molecule has 1 aromatic carbocycles. The second-order valence-electron chi connectivity index (χ2n) is 9.30. The summed E-state index contributed by atoms with van der Waals surface area (Å²) >= 11 is 0. The summed E-state index contributed by atoms with van der Waals surface area (Å²) in [5.74, 6) is 0.723. The van der Waals surface area contributed by atoms with E-state index in [9.17, 15) is 14.4 Å². The van der Waals surface area contributed by atoms with E-state index in [2.05, 4.69) is 16.0 Å². The fourth-order valence-electron chi connectivity index (χ4n) is 5.14. The van der Waals surface area contributed by atoms with Crippen molar-refractivity contribution in [3.63, 3.8) is 0 Å². The number of anilines is 2. The Morgan fingerprint density at radius 2 is 2.00 bits per heavy atom. The van der Waals surface area contributed by atoms with Gasteiger partial charge in [-0.2, -0.15) is 0 Å². The molecule has 2 aromatic rings. The number of fused-ring (bicyclic) bond motifs is 1. The average molecular weight is 470 g/mol. The number of nitrogens with one attached hydrogen (secondary N) is 1. The maximum Gasteiger partial charge on any atom is 0.330 e. The van der Waals surface area contributed by atoms with Gasteiger partial charge in [0.1, 0.15) is 11.6 Å². The van der Waals surface area contributed by atoms with E-state index < -0.39 is 11.2 Å². The van der Waals surface area contributed by atoms with E-state index in [-0.39, 0.29) is 30.0 Å². The van der Waals surface area contributed by atoms with Crippen molar-refractivity contribution in [1.29, 1.82) is 0 Å². The standard InChI is InChI=1S/C25H35N5O4/c1-3-4-12-29-23(26)22(24(32)27-25(29)33)30(19-7-5-6-8-19)21(31)16-28-13-11-17-9-10-20(34-2)14-18(17)15-28/h9-10,14,19H,3-8,11-13,15-16,26H2,1-2H3,(H,27,32,33). The molecule has 2 heterocycles. The number of hydrogen-bond donors (Lipinski definition) is 2. The molecule has 0 saturated heterocycles. The van der Waals surface area contributed by atoms with Crippen LogP contribution in [-0.2, 0) is 24.3 Å². The van der Waals surface area contributed by atoms with Crippen LogP contribution in [0.4, 0.5) is 11.5 Å². The lowest BCUT2D eigenvalue weighted by molar-refractivity contribution is -0.120. The van der Waals surface area contributed by atoms with Gasteiger partial charge < -0.3 is 15.4 Å². The van der Waals surface area contributed by atoms with Crippen molar-refractivity contribution in [3.05, 3.63) is 50.2 Å². The molecule has 1 amide bonds. The minimum atomic E-state index is -0.593. The molecule has 3 N–H and O–H groups in total. The van der Waals surface area contributed by atoms with Crippen LogP contribution in [0.25, 0.3) is 0 Å². The number of benzene rings is 1. The van der Waals surface area contributed by atoms with Crippen LogP contribution in [0.2, 0.25) is 0 Å². The van der Waals surface area contributed by atoms with Crippen LogP contribution in [0.1, 0.15) is 56.6 Å². The molecule has 9 heteroatoms. The van der Waals surface area contributed by atoms with E-state index in [1.165, 1.54) is 10.1 Å². The second kappa shape index (κ2) is 10.5. The second-order valence-corrected chi connectivity index (χ2v) is 9.30. The number of nitrogen functional groups attached to an aromatic ring is 1. The van der Waals surface area contributed by atoms with Gasteiger partial charge in [0, 0.05) is 25.7 Å². The molecule has 0 spiro atoms. The first-order chi connectivity index (χ1) is 16.4. The zero-order valence-electron chi connectivity index (χ0n) is 20.1. The first kappa shape index (κ1) is 24.1. The van der Waals surface area contributed by atoms with Crippen LogP contribution in [0.3, 0.4) is 0 Å². The highest BCUT2D eigenvalue weighted by Gasteiger charge is 2.33. The number of unbranched alkanes of at least 4 members (excludes halogenated alkanes) is 1. The predicted octanol–water partition coefficient (Wildman–Crippen LogP) is 2.26. The maximum absolute atomic E-state index is 13.7. The van der Waals surface area contributed by atoms with E-state index in [1.54, 1.807) is 12.0 Å². The van der Waals surface area contributed by atoms with Crippen molar-refractivity contribution in [1.82, 2.24) is 14.5 Å². The zero-order valence-corrected chi connectivity index (χ0v) is 20.1. The lowest BCUT2D eigenvalue weighted by atomic mass is 9.99. The van der Waals surface area contributed by atoms with Crippen molar-refractivity contribution in [2.75, 3.05) is 30.8 Å². The van der Waals surface area contributed by atoms with Gasteiger partial charge in [-0.3, -0.25) is 24.0 Å². The largest absolute Gasteiger partial charge is 0.497 e. The molecule has 4 rings (SSSR count). The summed E-state index contributed by atoms with van der Waals surface area (Å²) in [7, 11) is 1.65. The molecule has 1 aliphatic carbocycles. The number of amides is 1. The first-order valence-electron chi connectivity index (χ1n) is 12.3. The minimum Gasteiger partial charge on any atom is -0.497 e. The Hall–Kier alpha value is -3.07. The number of H-pyrrole nitrogens is 1. The summed E-state index contributed by atoms with van der Waals surface area (Å²) in [6, 6.07) is 5.97. The monoisotopic (exact) mass is 469 g/mol. The van der Waals surface area contributed by atoms with Gasteiger partial charge in [0.15, 0.2) is 5.69 Å². The number of aromatic nitrogens is 2. The number of carbonyl (C=O) groups is 1. The summed E-state index contributed by atoms with van der Waals surface area (Å²) in [5.41, 5.74) is 7.79. The molecule has 1 saturated carbocycles. The van der Waals surface area contributed by atoms with Gasteiger partial charge in [0.05, 0.1) is 13.7 Å². The van der Waals surface area contributed by atoms with Crippen LogP contribution in [-0.4, -0.2) is 46.6 Å². The van der Waals surface area contributed by atoms with Gasteiger partial charge in [-0.25, -0.2) is 4.79 Å². The van der Waals surface area contributed by atoms with E-state index in [1.807, 2.05) is 19.1 Å². The number of nitrogens with zero attached hydrogens (tertiary/aromatic N) is 3. The zero-order chi connectivity index (χ0) is 24.2. The number of methoxy groups -OCH3 is 1. The topological polar surface area (TPSA) is 114 Å². The highest BCUT2D eigenvalue weighted by Crippen LogP contribution is 2.30. The van der Waals surface area contributed by atoms with Gasteiger partial charge >= 0.3 is 5.69 Å². The third-order valence-electron chi connectivity index (χ3n) is 7.01. The molecule has 34 heavy (non-hydrogen) atoms. The SMILES string of the molecule is CCCCn1c(N)c(N(C(=O)CN2CCc3ccc(OC)cc3C2)C2CCCC2)c(=O)[nH]c1=O. The number of aromatic amines is 1. The van der Waals surface area contributed by atoms with E-state index in [0.29, 0.717) is 13.1 Å². The highest BCUT2D eigenvalue weighted by atomic mass is 16.5. The quantitative estimate of drug-likeness (QED) is 0.613. The molecule has 0 atom stereocenters. The number of rotatable bonds is 8. The molecular formula is C25H35N5O4. The van der Waals surface area contributed by atoms with Crippen molar-refractivity contribution >= 4 is 17.4 Å². The highest BCUT2D eigenvalue weighted by molar-refractivity contribution is 5.97. The van der Waals surface area contributed by atoms with Gasteiger partial charge in [0.25, 0.3) is 5.56 Å². The van der Waals surface area contributed by atoms with Crippen LogP contribution < -0.4 is 26.6 Å². The first-order valence-corrected chi connectivity index (χ1v) is 12.3. The summed E-state index contributed by atoms with van der Waals surface area (Å²) in [5, 5.41) is 0. The predicted molar refractivity (Wildman–Crippen MR) is 132 cm³/mol. The summed E-state index contributed by atoms with van der Waals surface area (Å²) in [6.07, 6.45) is 6.12. The summed E-state index contributed by atoms with van der Waals surface area (Å²) in [4.78, 5) is 45.2. The van der Waals surface area contributed by atoms with Crippen molar-refractivity contribution in [2.45, 2.75) is 71.0 Å². The molecule has 184 valence electrons. The van der Waals surface area contributed by atoms with Crippen molar-refractivity contribution < 1.29 is 9.53 Å². The van der Waals surface area contributed by atoms with Gasteiger partial charge in [-0.05, 0) is 48.9 Å². The summed E-state index contributed by atoms with van der Waals surface area (Å²) in [6.45, 7) is 4.00. The Morgan fingerprint density at radius 3 is 2.71 bits per heavy atom. The lowest BCUT2D eigenvalue weighted by Gasteiger charge is -2.34. The molecular weight excluding hydrogens is 434 g/mol. The fourth-order valence-corrected chi connectivity index (χ4v) is 5.14. The molecule has 0 radical (unpaired) electrons. The third kappa shape index (κ3) is 4.89. The van der Waals surface area contributed by atoms with Crippen LogP contribution in [0, 0.1) is 0 Å². The molecule has 1 fully saturated rings. The normalized spacial score (nSPS) is 16.4. The fraction of sp³-hybridized carbons (Fsp3) is 0.560. The molecule has 0 unspecified atom stereocenters. The Kier molecular flexibility index (Phi) is 7.41. The molecule has 0 bridgehead atoms. The number of ether oxygens (including phenoxy) is 1. The lowest BCUT2D eigenvalue weighted by Crippen LogP contribution is -2.49. The third-order valence-corrected chi connectivity index (χ3v) is 7.01. The van der Waals surface area contributed by atoms with Crippen molar-refractivity contribution in [2.24, 2.45) is 0 Å². The molecule has 1 aliphatic heterocycles. The van der Waals surface area contributed by atoms with Crippen LogP contribution in [0.5, 0.6) is 5.75 Å². The minimum absolute atomic E-state index is 0.0798. The van der Waals surface area contributed by atoms with Crippen LogP contribution in [0.15, 0.2) is 27.8 Å². The Balaban J connectivity index is 1.63. The number of nitrogens with two attached hydrogens (primary N) is 1. The molecule has 9 nitrogen and oxygen atoms in total. The molecule has 2 aliphatic rings. The summed E-state index contributed by atoms with van der Waals surface area (Å²) < 4.78 is 6.75. The average Bonchev–Trinajstić information content (AvgIpc) is 3.35. The van der Waals surface area contributed by atoms with Gasteiger partial charge in [-0.1, -0.05) is 32.3 Å². The van der Waals surface area contributed by atoms with E-state index in [0.717, 1.165) is 62.8 Å². The number of hydrogen-bond acceptors (Lipinski definition) is 6. The Morgan fingerprint density at radius 1 is 1.24 bits per heavy atom. The van der Waals surface area contributed by atoms with Gasteiger partial charge in [-0.15, -0.1) is 0 Å². The van der Waals surface area contributed by atoms with E-state index >= 15 is 0 Å². The Labute approximate surface area is 199 Å². The smallest absolute Gasteiger partial charge is 0.330 e. The molecule has 1 aromatic heterocycles. The number of carbonyl (C=O) groups excluding carboxylic acids is 1. The van der Waals surface area contributed by atoms with E-state index in [4.69, 9.17) is 10.5 Å².